The lowest BCUT2D eigenvalue weighted by Crippen LogP contribution is -2.38. The molecule has 2 N–H and O–H groups in total. The van der Waals surface area contributed by atoms with Gasteiger partial charge in [0, 0.05) is 18.0 Å². The van der Waals surface area contributed by atoms with Crippen LogP contribution >= 0.6 is 11.6 Å². The van der Waals surface area contributed by atoms with Gasteiger partial charge < -0.3 is 10.4 Å². The molecule has 0 aliphatic carbocycles. The maximum Gasteiger partial charge on any atom is 0.244 e. The van der Waals surface area contributed by atoms with Crippen molar-refractivity contribution < 1.29 is 14.3 Å². The second-order valence-corrected chi connectivity index (χ2v) is 5.50. The van der Waals surface area contributed by atoms with Crippen LogP contribution in [0.3, 0.4) is 0 Å². The van der Waals surface area contributed by atoms with Gasteiger partial charge in [-0.05, 0) is 36.6 Å². The zero-order chi connectivity index (χ0) is 15.9. The highest BCUT2D eigenvalue weighted by atomic mass is 35.5. The topological polar surface area (TPSA) is 49.3 Å². The molecular formula is C16H21ClFNO2. The summed E-state index contributed by atoms with van der Waals surface area (Å²) in [5.41, 5.74) is 0.374. The summed E-state index contributed by atoms with van der Waals surface area (Å²) in [5, 5.41) is 12.2. The summed E-state index contributed by atoms with van der Waals surface area (Å²) in [7, 11) is 0. The van der Waals surface area contributed by atoms with Crippen LogP contribution in [0, 0.1) is 11.2 Å². The fraction of sp³-hybridized carbons (Fsp3) is 0.438. The van der Waals surface area contributed by atoms with Crippen LogP contribution in [0.1, 0.15) is 32.3 Å². The van der Waals surface area contributed by atoms with Gasteiger partial charge in [0.15, 0.2) is 0 Å². The molecule has 1 aromatic carbocycles. The van der Waals surface area contributed by atoms with Gasteiger partial charge in [0.25, 0.3) is 0 Å². The van der Waals surface area contributed by atoms with Crippen LogP contribution in [-0.2, 0) is 4.79 Å². The quantitative estimate of drug-likeness (QED) is 0.758. The first-order valence-electron chi connectivity index (χ1n) is 6.98. The van der Waals surface area contributed by atoms with Gasteiger partial charge in [-0.1, -0.05) is 31.5 Å². The number of hydrogen-bond acceptors (Lipinski definition) is 2. The molecule has 21 heavy (non-hydrogen) atoms. The molecule has 0 bridgehead atoms. The minimum absolute atomic E-state index is 0.0221. The van der Waals surface area contributed by atoms with E-state index in [4.69, 9.17) is 11.6 Å². The maximum absolute atomic E-state index is 13.0. The summed E-state index contributed by atoms with van der Waals surface area (Å²) in [6, 6.07) is 4.25. The molecule has 0 aliphatic heterocycles. The van der Waals surface area contributed by atoms with Crippen LogP contribution in [0.2, 0.25) is 5.02 Å². The van der Waals surface area contributed by atoms with Gasteiger partial charge in [-0.3, -0.25) is 4.79 Å². The summed E-state index contributed by atoms with van der Waals surface area (Å²) < 4.78 is 13.0. The predicted molar refractivity (Wildman–Crippen MR) is 83.6 cm³/mol. The van der Waals surface area contributed by atoms with Crippen molar-refractivity contribution in [2.24, 2.45) is 5.41 Å². The highest BCUT2D eigenvalue weighted by Crippen LogP contribution is 2.24. The molecule has 116 valence electrons. The third kappa shape index (κ3) is 5.14. The average molecular weight is 314 g/mol. The minimum atomic E-state index is -0.489. The third-order valence-electron chi connectivity index (χ3n) is 3.84. The number of carbonyl (C=O) groups excluding carboxylic acids is 1. The van der Waals surface area contributed by atoms with Gasteiger partial charge in [0.05, 0.1) is 11.6 Å². The second kappa shape index (κ2) is 8.15. The van der Waals surface area contributed by atoms with Gasteiger partial charge >= 0.3 is 0 Å². The van der Waals surface area contributed by atoms with Crippen molar-refractivity contribution in [2.45, 2.75) is 26.7 Å². The first-order chi connectivity index (χ1) is 9.96. The fourth-order valence-electron chi connectivity index (χ4n) is 1.90. The first kappa shape index (κ1) is 17.7. The second-order valence-electron chi connectivity index (χ2n) is 5.09. The van der Waals surface area contributed by atoms with E-state index in [1.807, 2.05) is 13.8 Å². The molecule has 0 unspecified atom stereocenters. The molecule has 0 spiro atoms. The Kier molecular flexibility index (Phi) is 6.85. The van der Waals surface area contributed by atoms with Crippen LogP contribution in [0.15, 0.2) is 24.3 Å². The molecule has 0 saturated carbocycles. The molecule has 0 atom stereocenters. The van der Waals surface area contributed by atoms with Gasteiger partial charge in [-0.15, -0.1) is 0 Å². The summed E-state index contributed by atoms with van der Waals surface area (Å²) in [4.78, 5) is 11.8. The van der Waals surface area contributed by atoms with Gasteiger partial charge in [0.2, 0.25) is 5.91 Å². The summed E-state index contributed by atoms with van der Waals surface area (Å²) >= 11 is 5.67. The van der Waals surface area contributed by atoms with E-state index >= 15 is 0 Å². The Hall–Kier alpha value is -1.39. The Morgan fingerprint density at radius 2 is 2.10 bits per heavy atom. The molecular weight excluding hydrogens is 293 g/mol. The van der Waals surface area contributed by atoms with Crippen LogP contribution in [0.25, 0.3) is 6.08 Å². The molecule has 1 aromatic rings. The average Bonchev–Trinajstić information content (AvgIpc) is 2.50. The Balaban J connectivity index is 2.60. The summed E-state index contributed by atoms with van der Waals surface area (Å²) in [5.74, 6) is -0.743. The highest BCUT2D eigenvalue weighted by Gasteiger charge is 2.25. The molecule has 0 aliphatic rings. The molecule has 3 nitrogen and oxygen atoms in total. The molecule has 0 aromatic heterocycles. The zero-order valence-corrected chi connectivity index (χ0v) is 13.1. The Morgan fingerprint density at radius 1 is 1.43 bits per heavy atom. The normalized spacial score (nSPS) is 11.9. The van der Waals surface area contributed by atoms with Gasteiger partial charge in [-0.25, -0.2) is 4.39 Å². The van der Waals surface area contributed by atoms with E-state index in [-0.39, 0.29) is 23.0 Å². The number of aliphatic hydroxyl groups excluding tert-OH is 1. The summed E-state index contributed by atoms with van der Waals surface area (Å²) in [6.07, 6.45) is 4.52. The van der Waals surface area contributed by atoms with Gasteiger partial charge in [0.1, 0.15) is 5.82 Å². The van der Waals surface area contributed by atoms with E-state index in [1.165, 1.54) is 18.2 Å². The van der Waals surface area contributed by atoms with Crippen molar-refractivity contribution in [2.75, 3.05) is 13.2 Å². The van der Waals surface area contributed by atoms with E-state index in [2.05, 4.69) is 5.32 Å². The molecule has 0 radical (unpaired) electrons. The Labute approximate surface area is 129 Å². The van der Waals surface area contributed by atoms with Crippen LogP contribution < -0.4 is 5.32 Å². The lowest BCUT2D eigenvalue weighted by Gasteiger charge is -2.29. The highest BCUT2D eigenvalue weighted by molar-refractivity contribution is 6.30. The number of benzene rings is 1. The standard InChI is InChI=1S/C16H21ClFNO2/c1-3-16(4-2,11-20)10-19-15(21)8-6-12-5-7-14(18)13(17)9-12/h5-9,20H,3-4,10-11H2,1-2H3,(H,19,21)/b8-6+. The van der Waals surface area contributed by atoms with Crippen molar-refractivity contribution in [3.05, 3.63) is 40.7 Å². The minimum Gasteiger partial charge on any atom is -0.396 e. The van der Waals surface area contributed by atoms with Crippen molar-refractivity contribution >= 4 is 23.6 Å². The largest absolute Gasteiger partial charge is 0.396 e. The van der Waals surface area contributed by atoms with Crippen molar-refractivity contribution in [3.8, 4) is 0 Å². The molecule has 1 amide bonds. The number of nitrogens with one attached hydrogen (secondary N) is 1. The molecule has 0 fully saturated rings. The predicted octanol–water partition coefficient (Wildman–Crippen LogP) is 3.41. The Bertz CT molecular complexity index is 505. The molecule has 0 saturated heterocycles. The van der Waals surface area contributed by atoms with Gasteiger partial charge in [-0.2, -0.15) is 0 Å². The van der Waals surface area contributed by atoms with Crippen LogP contribution in [-0.4, -0.2) is 24.2 Å². The maximum atomic E-state index is 13.0. The van der Waals surface area contributed by atoms with Crippen molar-refractivity contribution in [1.29, 1.82) is 0 Å². The lowest BCUT2D eigenvalue weighted by molar-refractivity contribution is -0.117. The number of carbonyl (C=O) groups is 1. The van der Waals surface area contributed by atoms with Crippen LogP contribution in [0.5, 0.6) is 0 Å². The SMILES string of the molecule is CCC(CC)(CO)CNC(=O)/C=C/c1ccc(F)c(Cl)c1. The van der Waals surface area contributed by atoms with E-state index in [1.54, 1.807) is 12.1 Å². The Morgan fingerprint density at radius 3 is 2.62 bits per heavy atom. The van der Waals surface area contributed by atoms with E-state index in [0.29, 0.717) is 12.1 Å². The smallest absolute Gasteiger partial charge is 0.244 e. The van der Waals surface area contributed by atoms with Crippen molar-refractivity contribution in [3.63, 3.8) is 0 Å². The van der Waals surface area contributed by atoms with Crippen LogP contribution in [0.4, 0.5) is 4.39 Å². The van der Waals surface area contributed by atoms with E-state index in [0.717, 1.165) is 12.8 Å². The number of amides is 1. The number of rotatable bonds is 7. The summed E-state index contributed by atoms with van der Waals surface area (Å²) in [6.45, 7) is 4.44. The molecule has 1 rings (SSSR count). The van der Waals surface area contributed by atoms with E-state index in [9.17, 15) is 14.3 Å². The van der Waals surface area contributed by atoms with E-state index < -0.39 is 5.82 Å². The van der Waals surface area contributed by atoms with Crippen molar-refractivity contribution in [1.82, 2.24) is 5.32 Å². The number of aliphatic hydroxyl groups is 1. The number of halogens is 2. The fourth-order valence-corrected chi connectivity index (χ4v) is 2.09. The molecule has 0 heterocycles. The third-order valence-corrected chi connectivity index (χ3v) is 4.13. The monoisotopic (exact) mass is 313 g/mol. The number of hydrogen-bond donors (Lipinski definition) is 2. The first-order valence-corrected chi connectivity index (χ1v) is 7.36. The zero-order valence-electron chi connectivity index (χ0n) is 12.3. The molecule has 5 heteroatoms. The lowest BCUT2D eigenvalue weighted by atomic mass is 9.83.